The molecule has 1 aromatic carbocycles. The molecule has 136 valence electrons. The number of benzene rings is 1. The lowest BCUT2D eigenvalue weighted by Gasteiger charge is -2.16. The number of para-hydroxylation sites is 1. The molecule has 0 amide bonds. The van der Waals surface area contributed by atoms with Gasteiger partial charge in [0.2, 0.25) is 0 Å². The molecule has 0 radical (unpaired) electrons. The first-order valence-corrected chi connectivity index (χ1v) is 8.73. The van der Waals surface area contributed by atoms with Crippen LogP contribution < -0.4 is 5.32 Å². The molecule has 1 saturated carbocycles. The van der Waals surface area contributed by atoms with Crippen LogP contribution in [0, 0.1) is 6.92 Å². The molecule has 0 aliphatic heterocycles. The fourth-order valence-corrected chi connectivity index (χ4v) is 3.61. The van der Waals surface area contributed by atoms with Crippen molar-refractivity contribution in [1.82, 2.24) is 14.8 Å². The minimum atomic E-state index is -4.47. The molecule has 7 heteroatoms. The fraction of sp³-hybridized carbons (Fsp3) is 0.368. The zero-order valence-electron chi connectivity index (χ0n) is 14.3. The average molecular weight is 360 g/mol. The number of alkyl halides is 3. The van der Waals surface area contributed by atoms with Crippen molar-refractivity contribution >= 4 is 16.9 Å². The third-order valence-corrected chi connectivity index (χ3v) is 4.83. The largest absolute Gasteiger partial charge is 0.417 e. The van der Waals surface area contributed by atoms with Gasteiger partial charge in [-0.2, -0.15) is 18.3 Å². The number of aromatic nitrogens is 3. The van der Waals surface area contributed by atoms with E-state index in [0.717, 1.165) is 31.7 Å². The molecule has 26 heavy (non-hydrogen) atoms. The van der Waals surface area contributed by atoms with Crippen LogP contribution in [0.4, 0.5) is 19.0 Å². The molecule has 2 aromatic heterocycles. The molecule has 1 aliphatic carbocycles. The van der Waals surface area contributed by atoms with Gasteiger partial charge in [-0.15, -0.1) is 0 Å². The number of aryl methyl sites for hydroxylation is 1. The van der Waals surface area contributed by atoms with Crippen LogP contribution in [0.3, 0.4) is 0 Å². The number of hydrogen-bond donors (Lipinski definition) is 1. The normalized spacial score (nSPS) is 15.7. The first kappa shape index (κ1) is 16.9. The summed E-state index contributed by atoms with van der Waals surface area (Å²) in [5.41, 5.74) is 0.534. The molecule has 4 rings (SSSR count). The Morgan fingerprint density at radius 3 is 2.46 bits per heavy atom. The van der Waals surface area contributed by atoms with Gasteiger partial charge in [0.05, 0.1) is 22.3 Å². The molecule has 0 atom stereocenters. The summed E-state index contributed by atoms with van der Waals surface area (Å²) in [6, 6.07) is 10.4. The van der Waals surface area contributed by atoms with Crippen LogP contribution in [-0.4, -0.2) is 20.8 Å². The molecular weight excluding hydrogens is 341 g/mol. The molecule has 0 unspecified atom stereocenters. The molecule has 4 nitrogen and oxygen atoms in total. The Kier molecular flexibility index (Phi) is 4.09. The van der Waals surface area contributed by atoms with Crippen molar-refractivity contribution < 1.29 is 13.2 Å². The highest BCUT2D eigenvalue weighted by atomic mass is 19.4. The monoisotopic (exact) mass is 360 g/mol. The third-order valence-electron chi connectivity index (χ3n) is 4.83. The predicted octanol–water partition coefficient (Wildman–Crippen LogP) is 5.10. The molecule has 0 saturated heterocycles. The number of pyridine rings is 1. The van der Waals surface area contributed by atoms with Crippen LogP contribution in [0.5, 0.6) is 0 Å². The van der Waals surface area contributed by atoms with E-state index in [9.17, 15) is 13.2 Å². The number of hydrogen-bond acceptors (Lipinski definition) is 3. The Hall–Kier alpha value is -2.57. The second-order valence-corrected chi connectivity index (χ2v) is 6.71. The van der Waals surface area contributed by atoms with Gasteiger partial charge in [0, 0.05) is 6.04 Å². The number of fused-ring (bicyclic) bond motifs is 1. The van der Waals surface area contributed by atoms with Crippen LogP contribution >= 0.6 is 0 Å². The van der Waals surface area contributed by atoms with Gasteiger partial charge in [-0.25, -0.2) is 9.67 Å². The molecule has 2 heterocycles. The van der Waals surface area contributed by atoms with E-state index in [0.29, 0.717) is 11.4 Å². The van der Waals surface area contributed by atoms with Crippen molar-refractivity contribution in [2.45, 2.75) is 44.8 Å². The van der Waals surface area contributed by atoms with Crippen molar-refractivity contribution in [1.29, 1.82) is 0 Å². The molecule has 1 N–H and O–H groups in total. The molecule has 1 fully saturated rings. The molecule has 3 aromatic rings. The van der Waals surface area contributed by atoms with E-state index in [4.69, 9.17) is 0 Å². The minimum Gasteiger partial charge on any atom is -0.367 e. The SMILES string of the molecule is Cc1nn(-c2ccccc2)c2nc(NC3CCCC3)cc(C(F)(F)F)c12. The van der Waals surface area contributed by atoms with Crippen LogP contribution in [0.25, 0.3) is 16.7 Å². The first-order chi connectivity index (χ1) is 12.4. The average Bonchev–Trinajstić information content (AvgIpc) is 3.22. The number of nitrogens with zero attached hydrogens (tertiary/aromatic N) is 3. The van der Waals surface area contributed by atoms with E-state index >= 15 is 0 Å². The Bertz CT molecular complexity index is 925. The van der Waals surface area contributed by atoms with Gasteiger partial charge < -0.3 is 5.32 Å². The zero-order chi connectivity index (χ0) is 18.3. The lowest BCUT2D eigenvalue weighted by Crippen LogP contribution is -2.17. The van der Waals surface area contributed by atoms with Crippen molar-refractivity contribution in [3.63, 3.8) is 0 Å². The van der Waals surface area contributed by atoms with E-state index in [1.165, 1.54) is 4.68 Å². The quantitative estimate of drug-likeness (QED) is 0.706. The van der Waals surface area contributed by atoms with Crippen molar-refractivity contribution in [3.8, 4) is 5.69 Å². The number of halogens is 3. The molecule has 0 bridgehead atoms. The number of nitrogens with one attached hydrogen (secondary N) is 1. The van der Waals surface area contributed by atoms with E-state index in [1.807, 2.05) is 18.2 Å². The Morgan fingerprint density at radius 2 is 1.81 bits per heavy atom. The Morgan fingerprint density at radius 1 is 1.12 bits per heavy atom. The standard InChI is InChI=1S/C19H19F3N4/c1-12-17-15(19(20,21)22)11-16(23-13-7-5-6-8-13)24-18(17)26(25-12)14-9-3-2-4-10-14/h2-4,9-11,13H,5-8H2,1H3,(H,23,24). The lowest BCUT2D eigenvalue weighted by molar-refractivity contribution is -0.136. The summed E-state index contributed by atoms with van der Waals surface area (Å²) in [6.07, 6.45) is -0.376. The Balaban J connectivity index is 1.91. The fourth-order valence-electron chi connectivity index (χ4n) is 3.61. The van der Waals surface area contributed by atoms with E-state index in [1.54, 1.807) is 19.1 Å². The topological polar surface area (TPSA) is 42.7 Å². The lowest BCUT2D eigenvalue weighted by atomic mass is 10.1. The summed E-state index contributed by atoms with van der Waals surface area (Å²) >= 11 is 0. The van der Waals surface area contributed by atoms with Gasteiger partial charge in [0.15, 0.2) is 5.65 Å². The highest BCUT2D eigenvalue weighted by molar-refractivity contribution is 5.86. The minimum absolute atomic E-state index is 0.0540. The van der Waals surface area contributed by atoms with Crippen LogP contribution in [0.1, 0.15) is 36.9 Å². The second kappa shape index (κ2) is 6.30. The zero-order valence-corrected chi connectivity index (χ0v) is 14.3. The summed E-state index contributed by atoms with van der Waals surface area (Å²) in [5, 5.41) is 7.57. The number of rotatable bonds is 3. The van der Waals surface area contributed by atoms with Crippen LogP contribution in [-0.2, 0) is 6.18 Å². The van der Waals surface area contributed by atoms with Crippen molar-refractivity contribution in [2.75, 3.05) is 5.32 Å². The first-order valence-electron chi connectivity index (χ1n) is 8.73. The van der Waals surface area contributed by atoms with Crippen molar-refractivity contribution in [3.05, 3.63) is 47.7 Å². The summed E-state index contributed by atoms with van der Waals surface area (Å²) in [7, 11) is 0. The number of anilines is 1. The summed E-state index contributed by atoms with van der Waals surface area (Å²) < 4.78 is 42.6. The van der Waals surface area contributed by atoms with E-state index in [2.05, 4.69) is 15.4 Å². The van der Waals surface area contributed by atoms with Gasteiger partial charge >= 0.3 is 6.18 Å². The predicted molar refractivity (Wildman–Crippen MR) is 94.5 cm³/mol. The summed E-state index contributed by atoms with van der Waals surface area (Å²) in [6.45, 7) is 1.59. The molecular formula is C19H19F3N4. The summed E-state index contributed by atoms with van der Waals surface area (Å²) in [5.74, 6) is 0.258. The molecule has 0 spiro atoms. The van der Waals surface area contributed by atoms with Crippen molar-refractivity contribution in [2.24, 2.45) is 0 Å². The maximum Gasteiger partial charge on any atom is 0.417 e. The third kappa shape index (κ3) is 3.02. The maximum atomic E-state index is 13.7. The van der Waals surface area contributed by atoms with Gasteiger partial charge in [-0.3, -0.25) is 0 Å². The van der Waals surface area contributed by atoms with E-state index < -0.39 is 11.7 Å². The van der Waals surface area contributed by atoms with Crippen LogP contribution in [0.15, 0.2) is 36.4 Å². The highest BCUT2D eigenvalue weighted by Gasteiger charge is 2.36. The van der Waals surface area contributed by atoms with E-state index in [-0.39, 0.29) is 22.9 Å². The summed E-state index contributed by atoms with van der Waals surface area (Å²) in [4.78, 5) is 4.50. The maximum absolute atomic E-state index is 13.7. The van der Waals surface area contributed by atoms with Gasteiger partial charge in [-0.1, -0.05) is 31.0 Å². The second-order valence-electron chi connectivity index (χ2n) is 6.71. The van der Waals surface area contributed by atoms with Gasteiger partial charge in [0.25, 0.3) is 0 Å². The highest BCUT2D eigenvalue weighted by Crippen LogP contribution is 2.38. The Labute approximate surface area is 149 Å². The van der Waals surface area contributed by atoms with Crippen LogP contribution in [0.2, 0.25) is 0 Å². The smallest absolute Gasteiger partial charge is 0.367 e. The van der Waals surface area contributed by atoms with Gasteiger partial charge in [0.1, 0.15) is 5.82 Å². The molecule has 1 aliphatic rings. The van der Waals surface area contributed by atoms with Gasteiger partial charge in [-0.05, 0) is 38.0 Å².